The van der Waals surface area contributed by atoms with Crippen LogP contribution in [0.4, 0.5) is 5.82 Å². The van der Waals surface area contributed by atoms with Crippen molar-refractivity contribution in [3.63, 3.8) is 0 Å². The lowest BCUT2D eigenvalue weighted by Crippen LogP contribution is -2.49. The number of amides is 1. The molecule has 176 valence electrons. The molecule has 6 rings (SSSR count). The van der Waals surface area contributed by atoms with Gasteiger partial charge in [0.05, 0.1) is 23.7 Å². The summed E-state index contributed by atoms with van der Waals surface area (Å²) in [5.74, 6) is 0.858. The number of halogens is 1. The summed E-state index contributed by atoms with van der Waals surface area (Å²) < 4.78 is 7.15. The lowest BCUT2D eigenvalue weighted by Gasteiger charge is -2.35. The van der Waals surface area contributed by atoms with Gasteiger partial charge in [-0.1, -0.05) is 34.5 Å². The van der Waals surface area contributed by atoms with Gasteiger partial charge < -0.3 is 14.3 Å². The van der Waals surface area contributed by atoms with Gasteiger partial charge in [-0.25, -0.2) is 14.6 Å². The molecule has 9 nitrogen and oxygen atoms in total. The van der Waals surface area contributed by atoms with Crippen LogP contribution < -0.4 is 4.90 Å². The van der Waals surface area contributed by atoms with Gasteiger partial charge in [0, 0.05) is 36.6 Å². The molecule has 3 aromatic heterocycles. The van der Waals surface area contributed by atoms with Crippen LogP contribution in [0, 0.1) is 6.92 Å². The molecule has 0 spiro atoms. The standard InChI is InChI=1S/C25H22ClN7O2/c1-16-5-6-22-19(11-16)21(30-35-22)13-23(34)31-7-9-32(10-8-31)24-20-14-29-33(25(20)28-15-27-24)18-4-2-3-17(26)12-18/h2-6,11-12,14-15H,7-10,13H2,1H3. The fourth-order valence-corrected chi connectivity index (χ4v) is 4.72. The van der Waals surface area contributed by atoms with Crippen molar-refractivity contribution < 1.29 is 9.32 Å². The summed E-state index contributed by atoms with van der Waals surface area (Å²) in [6, 6.07) is 13.4. The SMILES string of the molecule is Cc1ccc2onc(CC(=O)N3CCN(c4ncnc5c4cnn5-c4cccc(Cl)c4)CC3)c2c1. The van der Waals surface area contributed by atoms with Crippen molar-refractivity contribution in [1.82, 2.24) is 29.8 Å². The maximum atomic E-state index is 13.0. The molecule has 0 unspecified atom stereocenters. The zero-order chi connectivity index (χ0) is 23.9. The van der Waals surface area contributed by atoms with Crippen molar-refractivity contribution in [2.24, 2.45) is 0 Å². The Hall–Kier alpha value is -3.98. The van der Waals surface area contributed by atoms with Crippen molar-refractivity contribution in [1.29, 1.82) is 0 Å². The number of hydrogen-bond acceptors (Lipinski definition) is 7. The molecule has 1 saturated heterocycles. The largest absolute Gasteiger partial charge is 0.356 e. The fraction of sp³-hybridized carbons (Fsp3) is 0.240. The minimum atomic E-state index is 0.0444. The van der Waals surface area contributed by atoms with Gasteiger partial charge >= 0.3 is 0 Å². The molecular formula is C25H22ClN7O2. The Morgan fingerprint density at radius 2 is 1.91 bits per heavy atom. The minimum Gasteiger partial charge on any atom is -0.356 e. The third-order valence-corrected chi connectivity index (χ3v) is 6.58. The van der Waals surface area contributed by atoms with E-state index in [-0.39, 0.29) is 12.3 Å². The van der Waals surface area contributed by atoms with E-state index >= 15 is 0 Å². The van der Waals surface area contributed by atoms with E-state index < -0.39 is 0 Å². The van der Waals surface area contributed by atoms with Crippen LogP contribution in [0.25, 0.3) is 27.7 Å². The summed E-state index contributed by atoms with van der Waals surface area (Å²) in [5, 5.41) is 11.1. The van der Waals surface area contributed by atoms with Gasteiger partial charge in [-0.2, -0.15) is 5.10 Å². The maximum Gasteiger partial charge on any atom is 0.228 e. The van der Waals surface area contributed by atoms with Crippen LogP contribution in [0.5, 0.6) is 0 Å². The van der Waals surface area contributed by atoms with Crippen LogP contribution in [-0.4, -0.2) is 61.9 Å². The van der Waals surface area contributed by atoms with Crippen LogP contribution >= 0.6 is 11.6 Å². The molecule has 1 amide bonds. The van der Waals surface area contributed by atoms with Gasteiger partial charge in [-0.05, 0) is 37.3 Å². The van der Waals surface area contributed by atoms with Gasteiger partial charge in [0.25, 0.3) is 0 Å². The third-order valence-electron chi connectivity index (χ3n) is 6.35. The molecule has 0 radical (unpaired) electrons. The number of anilines is 1. The van der Waals surface area contributed by atoms with E-state index in [9.17, 15) is 4.79 Å². The molecule has 1 aliphatic heterocycles. The predicted molar refractivity (Wildman–Crippen MR) is 133 cm³/mol. The Kier molecular flexibility index (Phi) is 5.33. The zero-order valence-electron chi connectivity index (χ0n) is 19.1. The van der Waals surface area contributed by atoms with E-state index in [2.05, 4.69) is 25.1 Å². The average Bonchev–Trinajstić information content (AvgIpc) is 3.48. The van der Waals surface area contributed by atoms with Gasteiger partial charge in [0.15, 0.2) is 11.2 Å². The lowest BCUT2D eigenvalue weighted by molar-refractivity contribution is -0.130. The van der Waals surface area contributed by atoms with E-state index in [0.29, 0.717) is 48.1 Å². The molecule has 1 fully saturated rings. The van der Waals surface area contributed by atoms with Crippen molar-refractivity contribution in [2.75, 3.05) is 31.1 Å². The van der Waals surface area contributed by atoms with Crippen molar-refractivity contribution in [3.05, 3.63) is 71.3 Å². The topological polar surface area (TPSA) is 93.2 Å². The second-order valence-electron chi connectivity index (χ2n) is 8.64. The normalized spacial score (nSPS) is 14.2. The predicted octanol–water partition coefficient (Wildman–Crippen LogP) is 3.81. The van der Waals surface area contributed by atoms with E-state index in [1.54, 1.807) is 17.2 Å². The highest BCUT2D eigenvalue weighted by molar-refractivity contribution is 6.30. The quantitative estimate of drug-likeness (QED) is 0.380. The Labute approximate surface area is 205 Å². The Morgan fingerprint density at radius 3 is 2.74 bits per heavy atom. The van der Waals surface area contributed by atoms with Crippen molar-refractivity contribution in [3.8, 4) is 5.69 Å². The van der Waals surface area contributed by atoms with Crippen LogP contribution in [0.15, 0.2) is 59.5 Å². The molecule has 1 aliphatic rings. The summed E-state index contributed by atoms with van der Waals surface area (Å²) in [6.07, 6.45) is 3.55. The van der Waals surface area contributed by atoms with Crippen molar-refractivity contribution >= 4 is 45.3 Å². The molecule has 5 aromatic rings. The fourth-order valence-electron chi connectivity index (χ4n) is 4.53. The summed E-state index contributed by atoms with van der Waals surface area (Å²) in [7, 11) is 0. The summed E-state index contributed by atoms with van der Waals surface area (Å²) in [4.78, 5) is 26.1. The highest BCUT2D eigenvalue weighted by atomic mass is 35.5. The number of fused-ring (bicyclic) bond motifs is 2. The van der Waals surface area contributed by atoms with E-state index in [0.717, 1.165) is 27.8 Å². The first-order chi connectivity index (χ1) is 17.1. The summed E-state index contributed by atoms with van der Waals surface area (Å²) in [6.45, 7) is 4.54. The maximum absolute atomic E-state index is 13.0. The Morgan fingerprint density at radius 1 is 1.06 bits per heavy atom. The molecule has 0 saturated carbocycles. The van der Waals surface area contributed by atoms with E-state index in [4.69, 9.17) is 16.1 Å². The molecule has 0 N–H and O–H groups in total. The molecule has 35 heavy (non-hydrogen) atoms. The first-order valence-corrected chi connectivity index (χ1v) is 11.8. The number of nitrogens with zero attached hydrogens (tertiary/aromatic N) is 7. The second-order valence-corrected chi connectivity index (χ2v) is 9.08. The number of rotatable bonds is 4. The number of aromatic nitrogens is 5. The van der Waals surface area contributed by atoms with Gasteiger partial charge in [-0.3, -0.25) is 4.79 Å². The molecule has 2 aromatic carbocycles. The molecule has 0 bridgehead atoms. The highest BCUT2D eigenvalue weighted by Gasteiger charge is 2.25. The molecular weight excluding hydrogens is 466 g/mol. The highest BCUT2D eigenvalue weighted by Crippen LogP contribution is 2.27. The first-order valence-electron chi connectivity index (χ1n) is 11.4. The lowest BCUT2D eigenvalue weighted by atomic mass is 10.1. The van der Waals surface area contributed by atoms with Gasteiger partial charge in [-0.15, -0.1) is 0 Å². The monoisotopic (exact) mass is 487 g/mol. The molecule has 0 atom stereocenters. The molecule has 10 heteroatoms. The van der Waals surface area contributed by atoms with Crippen LogP contribution in [-0.2, 0) is 11.2 Å². The van der Waals surface area contributed by atoms with Crippen LogP contribution in [0.2, 0.25) is 5.02 Å². The van der Waals surface area contributed by atoms with Gasteiger partial charge in [0.1, 0.15) is 17.8 Å². The third kappa shape index (κ3) is 3.97. The smallest absolute Gasteiger partial charge is 0.228 e. The zero-order valence-corrected chi connectivity index (χ0v) is 19.8. The van der Waals surface area contributed by atoms with Crippen LogP contribution in [0.3, 0.4) is 0 Å². The average molecular weight is 488 g/mol. The van der Waals surface area contributed by atoms with Crippen LogP contribution in [0.1, 0.15) is 11.3 Å². The number of carbonyl (C=O) groups excluding carboxylic acids is 1. The number of piperazine rings is 1. The summed E-state index contributed by atoms with van der Waals surface area (Å²) in [5.41, 5.74) is 4.04. The van der Waals surface area contributed by atoms with Crippen molar-refractivity contribution in [2.45, 2.75) is 13.3 Å². The number of hydrogen-bond donors (Lipinski definition) is 0. The Balaban J connectivity index is 1.18. The molecule has 4 heterocycles. The summed E-state index contributed by atoms with van der Waals surface area (Å²) >= 11 is 6.16. The Bertz CT molecular complexity index is 1550. The minimum absolute atomic E-state index is 0.0444. The second kappa shape index (κ2) is 8.66. The number of aryl methyl sites for hydroxylation is 1. The number of carbonyl (C=O) groups is 1. The van der Waals surface area contributed by atoms with Gasteiger partial charge in [0.2, 0.25) is 5.91 Å². The number of benzene rings is 2. The first kappa shape index (κ1) is 21.5. The van der Waals surface area contributed by atoms with E-state index in [1.807, 2.05) is 54.3 Å². The van der Waals surface area contributed by atoms with E-state index in [1.165, 1.54) is 0 Å². The molecule has 0 aliphatic carbocycles.